The van der Waals surface area contributed by atoms with Crippen LogP contribution in [-0.2, 0) is 25.6 Å². The van der Waals surface area contributed by atoms with Gasteiger partial charge in [0, 0.05) is 25.6 Å². The summed E-state index contributed by atoms with van der Waals surface area (Å²) < 4.78 is 14.1. The van der Waals surface area contributed by atoms with Crippen LogP contribution >= 0.6 is 0 Å². The van der Waals surface area contributed by atoms with Crippen molar-refractivity contribution >= 4 is 11.9 Å². The average Bonchev–Trinajstić information content (AvgIpc) is 3.28. The summed E-state index contributed by atoms with van der Waals surface area (Å²) >= 11 is 0. The second-order valence-corrected chi connectivity index (χ2v) is 7.97. The average molecular weight is 457 g/mol. The van der Waals surface area contributed by atoms with Crippen molar-refractivity contribution in [3.63, 3.8) is 0 Å². The number of rotatable bonds is 19. The van der Waals surface area contributed by atoms with E-state index in [4.69, 9.17) is 29.3 Å². The van der Waals surface area contributed by atoms with E-state index in [1.165, 1.54) is 64.2 Å². The topological polar surface area (TPSA) is 111 Å². The van der Waals surface area contributed by atoms with Crippen LogP contribution in [0.3, 0.4) is 0 Å². The van der Waals surface area contributed by atoms with Crippen molar-refractivity contribution < 1.29 is 29.3 Å². The van der Waals surface area contributed by atoms with Gasteiger partial charge in [-0.05, 0) is 12.8 Å². The van der Waals surface area contributed by atoms with E-state index in [1.807, 2.05) is 18.7 Å². The largest absolute Gasteiger partial charge is 0.473 e. The van der Waals surface area contributed by atoms with Crippen LogP contribution in [0, 0.1) is 0 Å². The Morgan fingerprint density at radius 2 is 1.38 bits per heavy atom. The molecule has 1 unspecified atom stereocenters. The first-order chi connectivity index (χ1) is 15.5. The highest BCUT2D eigenvalue weighted by molar-refractivity contribution is 6.27. The number of carboxylic acid groups (broad SMARTS) is 2. The summed E-state index contributed by atoms with van der Waals surface area (Å²) in [5, 5.41) is 14.8. The molecule has 186 valence electrons. The van der Waals surface area contributed by atoms with Gasteiger partial charge in [0.15, 0.2) is 0 Å². The Balaban J connectivity index is 0.00000140. The predicted molar refractivity (Wildman–Crippen MR) is 125 cm³/mol. The van der Waals surface area contributed by atoms with Gasteiger partial charge < -0.3 is 24.3 Å². The molecule has 8 heteroatoms. The van der Waals surface area contributed by atoms with E-state index in [1.54, 1.807) is 0 Å². The second kappa shape index (κ2) is 22.3. The molecule has 1 aromatic heterocycles. The molecule has 0 fully saturated rings. The van der Waals surface area contributed by atoms with E-state index in [0.717, 1.165) is 32.6 Å². The Morgan fingerprint density at radius 1 is 0.844 bits per heavy atom. The molecule has 1 heterocycles. The zero-order chi connectivity index (χ0) is 23.9. The van der Waals surface area contributed by atoms with Crippen LogP contribution in [0.4, 0.5) is 0 Å². The Kier molecular flexibility index (Phi) is 20.9. The van der Waals surface area contributed by atoms with Crippen molar-refractivity contribution in [1.29, 1.82) is 0 Å². The third-order valence-corrected chi connectivity index (χ3v) is 4.95. The lowest BCUT2D eigenvalue weighted by atomic mass is 10.1. The molecule has 0 saturated carbocycles. The Morgan fingerprint density at radius 3 is 1.91 bits per heavy atom. The molecular weight excluding hydrogens is 412 g/mol. The van der Waals surface area contributed by atoms with Gasteiger partial charge in [0.05, 0.1) is 25.6 Å². The Labute approximate surface area is 193 Å². The molecule has 0 aromatic carbocycles. The summed E-state index contributed by atoms with van der Waals surface area (Å²) in [6.07, 6.45) is 21.4. The number of carbonyl (C=O) groups is 2. The lowest BCUT2D eigenvalue weighted by Crippen LogP contribution is -2.26. The minimum Gasteiger partial charge on any atom is -0.473 e. The summed E-state index contributed by atoms with van der Waals surface area (Å²) in [4.78, 5) is 22.3. The Hall–Kier alpha value is -1.93. The number of hydrogen-bond acceptors (Lipinski definition) is 5. The zero-order valence-corrected chi connectivity index (χ0v) is 20.0. The molecule has 0 amide bonds. The molecule has 0 aliphatic carbocycles. The van der Waals surface area contributed by atoms with E-state index in [9.17, 15) is 0 Å². The first kappa shape index (κ1) is 30.1. The fourth-order valence-corrected chi connectivity index (χ4v) is 3.12. The fourth-order valence-electron chi connectivity index (χ4n) is 3.12. The molecule has 0 spiro atoms. The van der Waals surface area contributed by atoms with Crippen molar-refractivity contribution in [1.82, 2.24) is 9.55 Å². The lowest BCUT2D eigenvalue weighted by molar-refractivity contribution is -0.159. The summed E-state index contributed by atoms with van der Waals surface area (Å²) in [6.45, 7) is 7.70. The fraction of sp³-hybridized carbons (Fsp3) is 0.792. The van der Waals surface area contributed by atoms with Gasteiger partial charge in [0.25, 0.3) is 0 Å². The van der Waals surface area contributed by atoms with E-state index >= 15 is 0 Å². The SMILES string of the molecule is CCCCCCCCCCOC(COCCCCCC)Cn1ccnc1.O=C(O)C(=O)O. The Bertz CT molecular complexity index is 539. The van der Waals surface area contributed by atoms with Crippen LogP contribution in [0.2, 0.25) is 0 Å². The molecule has 8 nitrogen and oxygen atoms in total. The number of unbranched alkanes of at least 4 members (excludes halogenated alkanes) is 10. The first-order valence-electron chi connectivity index (χ1n) is 12.1. The highest BCUT2D eigenvalue weighted by Crippen LogP contribution is 2.09. The second-order valence-electron chi connectivity index (χ2n) is 7.97. The molecular formula is C24H44N2O6. The van der Waals surface area contributed by atoms with Crippen molar-refractivity contribution in [2.45, 2.75) is 104 Å². The summed E-state index contributed by atoms with van der Waals surface area (Å²) in [5.41, 5.74) is 0. The summed E-state index contributed by atoms with van der Waals surface area (Å²) in [6, 6.07) is 0. The van der Waals surface area contributed by atoms with Crippen molar-refractivity contribution in [2.75, 3.05) is 19.8 Å². The lowest BCUT2D eigenvalue weighted by Gasteiger charge is -2.19. The van der Waals surface area contributed by atoms with Gasteiger partial charge in [-0.3, -0.25) is 0 Å². The van der Waals surface area contributed by atoms with E-state index in [-0.39, 0.29) is 6.10 Å². The molecule has 0 radical (unpaired) electrons. The number of imidazole rings is 1. The van der Waals surface area contributed by atoms with Crippen LogP contribution in [0.25, 0.3) is 0 Å². The van der Waals surface area contributed by atoms with Gasteiger partial charge in [0.1, 0.15) is 0 Å². The maximum atomic E-state index is 9.10. The number of aromatic nitrogens is 2. The normalized spacial score (nSPS) is 11.6. The van der Waals surface area contributed by atoms with E-state index in [0.29, 0.717) is 6.61 Å². The van der Waals surface area contributed by atoms with Crippen molar-refractivity contribution in [2.24, 2.45) is 0 Å². The monoisotopic (exact) mass is 456 g/mol. The molecule has 2 N–H and O–H groups in total. The smallest absolute Gasteiger partial charge is 0.414 e. The van der Waals surface area contributed by atoms with Crippen molar-refractivity contribution in [3.05, 3.63) is 18.7 Å². The molecule has 1 rings (SSSR count). The van der Waals surface area contributed by atoms with E-state index < -0.39 is 11.9 Å². The van der Waals surface area contributed by atoms with Gasteiger partial charge in [-0.15, -0.1) is 0 Å². The van der Waals surface area contributed by atoms with Gasteiger partial charge in [-0.1, -0.05) is 78.1 Å². The van der Waals surface area contributed by atoms with E-state index in [2.05, 4.69) is 23.4 Å². The highest BCUT2D eigenvalue weighted by Gasteiger charge is 2.10. The molecule has 0 aliphatic heterocycles. The third kappa shape index (κ3) is 20.0. The quantitative estimate of drug-likeness (QED) is 0.218. The van der Waals surface area contributed by atoms with Crippen LogP contribution in [0.1, 0.15) is 90.9 Å². The predicted octanol–water partition coefficient (Wildman–Crippen LogP) is 5.16. The number of hydrogen-bond donors (Lipinski definition) is 2. The minimum absolute atomic E-state index is 0.125. The third-order valence-electron chi connectivity index (χ3n) is 4.95. The molecule has 32 heavy (non-hydrogen) atoms. The van der Waals surface area contributed by atoms with Crippen LogP contribution in [0.15, 0.2) is 18.7 Å². The molecule has 1 atom stereocenters. The maximum absolute atomic E-state index is 9.10. The molecule has 0 saturated heterocycles. The highest BCUT2D eigenvalue weighted by atomic mass is 16.5. The number of ether oxygens (including phenoxy) is 2. The standard InChI is InChI=1S/C22H42N2O2.C2H2O4/c1-3-5-7-9-10-11-12-14-18-26-22(19-24-16-15-23-21-24)20-25-17-13-8-6-4-2;3-1(4)2(5)6/h15-16,21-22H,3-14,17-20H2,1-2H3;(H,3,4)(H,5,6). The first-order valence-corrected chi connectivity index (χ1v) is 12.1. The number of carboxylic acids is 2. The number of nitrogens with zero attached hydrogens (tertiary/aromatic N) is 2. The minimum atomic E-state index is -1.82. The van der Waals surface area contributed by atoms with Crippen LogP contribution in [0.5, 0.6) is 0 Å². The van der Waals surface area contributed by atoms with Gasteiger partial charge in [-0.2, -0.15) is 0 Å². The van der Waals surface area contributed by atoms with Gasteiger partial charge in [-0.25, -0.2) is 14.6 Å². The van der Waals surface area contributed by atoms with Gasteiger partial charge >= 0.3 is 11.9 Å². The molecule has 0 bridgehead atoms. The summed E-state index contributed by atoms with van der Waals surface area (Å²) in [5.74, 6) is -3.65. The number of aliphatic carboxylic acids is 2. The zero-order valence-electron chi connectivity index (χ0n) is 20.0. The maximum Gasteiger partial charge on any atom is 0.414 e. The molecule has 0 aliphatic rings. The molecule has 1 aromatic rings. The van der Waals surface area contributed by atoms with Crippen molar-refractivity contribution in [3.8, 4) is 0 Å². The van der Waals surface area contributed by atoms with Crippen LogP contribution in [-0.4, -0.2) is 57.6 Å². The van der Waals surface area contributed by atoms with Gasteiger partial charge in [0.2, 0.25) is 0 Å². The van der Waals surface area contributed by atoms with Crippen LogP contribution < -0.4 is 0 Å². The summed E-state index contributed by atoms with van der Waals surface area (Å²) in [7, 11) is 0.